The van der Waals surface area contributed by atoms with Gasteiger partial charge in [-0.05, 0) is 98.2 Å². The molecule has 2 fully saturated rings. The first-order chi connectivity index (χ1) is 13.3. The second kappa shape index (κ2) is 7.60. The first-order valence-electron chi connectivity index (χ1n) is 12.4. The van der Waals surface area contributed by atoms with E-state index in [4.69, 9.17) is 0 Å². The summed E-state index contributed by atoms with van der Waals surface area (Å²) in [5, 5.41) is 10.2. The van der Waals surface area contributed by atoms with Crippen LogP contribution in [0.4, 0.5) is 0 Å². The quantitative estimate of drug-likeness (QED) is 0.504. The highest BCUT2D eigenvalue weighted by atomic mass is 16.3. The van der Waals surface area contributed by atoms with Gasteiger partial charge in [0, 0.05) is 0 Å². The summed E-state index contributed by atoms with van der Waals surface area (Å²) >= 11 is 0. The minimum Gasteiger partial charge on any atom is -0.393 e. The minimum atomic E-state index is -0.0388. The molecule has 0 aromatic heterocycles. The summed E-state index contributed by atoms with van der Waals surface area (Å²) in [7, 11) is 0. The summed E-state index contributed by atoms with van der Waals surface area (Å²) in [5.41, 5.74) is 4.66. The van der Waals surface area contributed by atoms with Gasteiger partial charge in [-0.3, -0.25) is 0 Å². The topological polar surface area (TPSA) is 20.2 Å². The Morgan fingerprint density at radius 1 is 1.04 bits per heavy atom. The van der Waals surface area contributed by atoms with Crippen molar-refractivity contribution in [2.75, 3.05) is 0 Å². The maximum atomic E-state index is 10.2. The Bertz CT molecular complexity index is 645. The molecule has 4 aliphatic rings. The van der Waals surface area contributed by atoms with Crippen LogP contribution < -0.4 is 0 Å². The first kappa shape index (κ1) is 20.7. The van der Waals surface area contributed by atoms with Gasteiger partial charge in [-0.2, -0.15) is 0 Å². The minimum absolute atomic E-state index is 0.0388. The average Bonchev–Trinajstić information content (AvgIpc) is 3.03. The molecule has 0 heterocycles. The van der Waals surface area contributed by atoms with Crippen molar-refractivity contribution in [1.82, 2.24) is 0 Å². The highest BCUT2D eigenvalue weighted by molar-refractivity contribution is 5.34. The molecule has 1 N–H and O–H groups in total. The Balaban J connectivity index is 1.58. The molecule has 0 aromatic carbocycles. The Morgan fingerprint density at radius 2 is 1.82 bits per heavy atom. The van der Waals surface area contributed by atoms with Crippen LogP contribution in [-0.2, 0) is 0 Å². The maximum absolute atomic E-state index is 10.2. The molecule has 4 aliphatic carbocycles. The Morgan fingerprint density at radius 3 is 2.57 bits per heavy atom. The number of hydrogen-bond donors (Lipinski definition) is 1. The molecule has 0 aromatic rings. The molecule has 0 saturated heterocycles. The van der Waals surface area contributed by atoms with Gasteiger partial charge in [0.25, 0.3) is 0 Å². The van der Waals surface area contributed by atoms with Crippen LogP contribution in [0, 0.1) is 40.4 Å². The molecule has 0 unspecified atom stereocenters. The predicted molar refractivity (Wildman–Crippen MR) is 119 cm³/mol. The van der Waals surface area contributed by atoms with Crippen molar-refractivity contribution >= 4 is 0 Å². The van der Waals surface area contributed by atoms with Crippen LogP contribution in [0.3, 0.4) is 0 Å². The van der Waals surface area contributed by atoms with E-state index in [-0.39, 0.29) is 6.10 Å². The number of rotatable bonds is 4. The van der Waals surface area contributed by atoms with Gasteiger partial charge in [0.1, 0.15) is 0 Å². The Labute approximate surface area is 174 Å². The summed E-state index contributed by atoms with van der Waals surface area (Å²) < 4.78 is 0. The highest BCUT2D eigenvalue weighted by Gasteiger charge is 2.55. The third-order valence-corrected chi connectivity index (χ3v) is 10.1. The van der Waals surface area contributed by atoms with E-state index in [0.717, 1.165) is 30.6 Å². The molecule has 0 bridgehead atoms. The second-order valence-corrected chi connectivity index (χ2v) is 11.5. The Hall–Kier alpha value is -0.560. The highest BCUT2D eigenvalue weighted by Crippen LogP contribution is 2.65. The SMILES string of the molecule is CC[C@H](C)/C=C/[C@@H](C)[C@H]1CC[C@H]2C3=C(CC[C@]12C)[C@@]1(C)CC[C@H](O)C[C@@H]1CC3. The fourth-order valence-electron chi connectivity index (χ4n) is 7.98. The first-order valence-corrected chi connectivity index (χ1v) is 12.4. The van der Waals surface area contributed by atoms with Crippen LogP contribution in [0.15, 0.2) is 23.3 Å². The van der Waals surface area contributed by atoms with Crippen molar-refractivity contribution in [2.45, 2.75) is 105 Å². The fourth-order valence-corrected chi connectivity index (χ4v) is 7.98. The lowest BCUT2D eigenvalue weighted by atomic mass is 9.50. The summed E-state index contributed by atoms with van der Waals surface area (Å²) in [4.78, 5) is 0. The van der Waals surface area contributed by atoms with Crippen LogP contribution in [-0.4, -0.2) is 11.2 Å². The van der Waals surface area contributed by atoms with Crippen molar-refractivity contribution in [3.05, 3.63) is 23.3 Å². The van der Waals surface area contributed by atoms with E-state index in [1.165, 1.54) is 51.4 Å². The van der Waals surface area contributed by atoms with Gasteiger partial charge in [-0.15, -0.1) is 0 Å². The van der Waals surface area contributed by atoms with Crippen molar-refractivity contribution in [1.29, 1.82) is 0 Å². The van der Waals surface area contributed by atoms with Gasteiger partial charge >= 0.3 is 0 Å². The molecule has 0 radical (unpaired) electrons. The lowest BCUT2D eigenvalue weighted by molar-refractivity contribution is 0.0145. The lowest BCUT2D eigenvalue weighted by Crippen LogP contribution is -2.45. The second-order valence-electron chi connectivity index (χ2n) is 11.5. The van der Waals surface area contributed by atoms with E-state index in [2.05, 4.69) is 46.8 Å². The zero-order chi connectivity index (χ0) is 20.1. The van der Waals surface area contributed by atoms with E-state index in [0.29, 0.717) is 22.7 Å². The summed E-state index contributed by atoms with van der Waals surface area (Å²) in [5.74, 6) is 3.85. The molecule has 1 heteroatoms. The molecule has 2 saturated carbocycles. The van der Waals surface area contributed by atoms with Gasteiger partial charge in [0.05, 0.1) is 6.10 Å². The van der Waals surface area contributed by atoms with Crippen LogP contribution >= 0.6 is 0 Å². The maximum Gasteiger partial charge on any atom is 0.0543 e. The average molecular weight is 385 g/mol. The Kier molecular flexibility index (Phi) is 5.62. The van der Waals surface area contributed by atoms with Gasteiger partial charge in [-0.1, -0.05) is 64.3 Å². The van der Waals surface area contributed by atoms with E-state index in [1.807, 2.05) is 11.1 Å². The molecule has 28 heavy (non-hydrogen) atoms. The monoisotopic (exact) mass is 384 g/mol. The van der Waals surface area contributed by atoms with Crippen LogP contribution in [0.1, 0.15) is 98.8 Å². The molecule has 0 aliphatic heterocycles. The summed E-state index contributed by atoms with van der Waals surface area (Å²) in [6.07, 6.45) is 17.8. The van der Waals surface area contributed by atoms with Crippen LogP contribution in [0.5, 0.6) is 0 Å². The van der Waals surface area contributed by atoms with E-state index < -0.39 is 0 Å². The molecular weight excluding hydrogens is 340 g/mol. The van der Waals surface area contributed by atoms with Gasteiger partial charge < -0.3 is 5.11 Å². The largest absolute Gasteiger partial charge is 0.393 e. The fraction of sp³-hybridized carbons (Fsp3) is 0.852. The van der Waals surface area contributed by atoms with Gasteiger partial charge in [0.15, 0.2) is 0 Å². The number of hydrogen-bond acceptors (Lipinski definition) is 1. The predicted octanol–water partition coefficient (Wildman–Crippen LogP) is 7.31. The molecule has 8 atom stereocenters. The normalized spacial score (nSPS) is 45.5. The number of allylic oxidation sites excluding steroid dienone is 4. The lowest BCUT2D eigenvalue weighted by Gasteiger charge is -2.55. The van der Waals surface area contributed by atoms with E-state index >= 15 is 0 Å². The number of aliphatic hydroxyl groups is 1. The summed E-state index contributed by atoms with van der Waals surface area (Å²) in [6.45, 7) is 12.3. The van der Waals surface area contributed by atoms with Crippen molar-refractivity contribution in [3.63, 3.8) is 0 Å². The summed E-state index contributed by atoms with van der Waals surface area (Å²) in [6, 6.07) is 0. The smallest absolute Gasteiger partial charge is 0.0543 e. The van der Waals surface area contributed by atoms with Gasteiger partial charge in [-0.25, -0.2) is 0 Å². The van der Waals surface area contributed by atoms with Crippen molar-refractivity contribution < 1.29 is 5.11 Å². The van der Waals surface area contributed by atoms with E-state index in [1.54, 1.807) is 0 Å². The standard InChI is InChI=1S/C27H44O/c1-6-18(2)7-8-19(3)23-11-12-24-22-10-9-20-17-21(28)13-15-26(20,4)25(22)14-16-27(23,24)5/h7-8,18-21,23-24,28H,6,9-17H2,1-5H3/b8-7+/t18-,19+,20-,21-,23+,24-,26-,27+/m0/s1. The third-order valence-electron chi connectivity index (χ3n) is 10.1. The molecular formula is C27H44O. The zero-order valence-electron chi connectivity index (χ0n) is 19.1. The number of aliphatic hydroxyl groups excluding tert-OH is 1. The van der Waals surface area contributed by atoms with Crippen LogP contribution in [0.2, 0.25) is 0 Å². The van der Waals surface area contributed by atoms with E-state index in [9.17, 15) is 5.11 Å². The molecule has 1 nitrogen and oxygen atoms in total. The molecule has 158 valence electrons. The molecule has 0 spiro atoms. The zero-order valence-corrected chi connectivity index (χ0v) is 19.1. The molecule has 0 amide bonds. The van der Waals surface area contributed by atoms with Gasteiger partial charge in [0.2, 0.25) is 0 Å². The third kappa shape index (κ3) is 3.24. The van der Waals surface area contributed by atoms with Crippen molar-refractivity contribution in [3.8, 4) is 0 Å². The van der Waals surface area contributed by atoms with Crippen molar-refractivity contribution in [2.24, 2.45) is 40.4 Å². The van der Waals surface area contributed by atoms with Crippen LogP contribution in [0.25, 0.3) is 0 Å². The number of fused-ring (bicyclic) bond motifs is 4. The molecule has 4 rings (SSSR count).